The van der Waals surface area contributed by atoms with Gasteiger partial charge in [0, 0.05) is 12.0 Å². The van der Waals surface area contributed by atoms with Gasteiger partial charge in [0.05, 0.1) is 13.2 Å². The Balaban J connectivity index is 1.94. The van der Waals surface area contributed by atoms with E-state index in [4.69, 9.17) is 14.0 Å². The van der Waals surface area contributed by atoms with E-state index in [-0.39, 0.29) is 0 Å². The maximum Gasteiger partial charge on any atom is 0.226 e. The number of hydrogen-bond donors (Lipinski definition) is 1. The molecule has 1 N–H and O–H groups in total. The number of nitrogens with zero attached hydrogens (tertiary/aromatic N) is 2. The van der Waals surface area contributed by atoms with Crippen LogP contribution in [0.1, 0.15) is 43.4 Å². The van der Waals surface area contributed by atoms with Crippen LogP contribution in [0.15, 0.2) is 47.0 Å². The molecule has 0 aliphatic carbocycles. The molecule has 1 unspecified atom stereocenters. The standard InChI is InChI=1S/C21H24N2O4/c1-4-8-20-22-21(23-27-20)17-12-18(25-3)19(11-16(17)14(2)24)26-13-15-9-6-5-7-10-15/h5-7,9-12,14,24H,4,8,13H2,1-3H3. The van der Waals surface area contributed by atoms with Crippen molar-refractivity contribution in [3.8, 4) is 22.9 Å². The molecule has 0 spiro atoms. The third-order valence-corrected chi connectivity index (χ3v) is 4.20. The van der Waals surface area contributed by atoms with Gasteiger partial charge in [0.25, 0.3) is 0 Å². The average molecular weight is 368 g/mol. The molecule has 27 heavy (non-hydrogen) atoms. The third-order valence-electron chi connectivity index (χ3n) is 4.20. The smallest absolute Gasteiger partial charge is 0.226 e. The molecule has 1 aromatic heterocycles. The fraction of sp³-hybridized carbons (Fsp3) is 0.333. The molecule has 0 saturated carbocycles. The van der Waals surface area contributed by atoms with Gasteiger partial charge in [-0.1, -0.05) is 42.4 Å². The van der Waals surface area contributed by atoms with Crippen LogP contribution in [-0.4, -0.2) is 22.4 Å². The van der Waals surface area contributed by atoms with Crippen LogP contribution < -0.4 is 9.47 Å². The highest BCUT2D eigenvalue weighted by Crippen LogP contribution is 2.38. The van der Waals surface area contributed by atoms with Gasteiger partial charge in [0.1, 0.15) is 6.61 Å². The minimum Gasteiger partial charge on any atom is -0.493 e. The molecule has 6 nitrogen and oxygen atoms in total. The van der Waals surface area contributed by atoms with Crippen LogP contribution in [0.4, 0.5) is 0 Å². The molecule has 0 amide bonds. The summed E-state index contributed by atoms with van der Waals surface area (Å²) in [5.41, 5.74) is 2.37. The fourth-order valence-corrected chi connectivity index (χ4v) is 2.80. The lowest BCUT2D eigenvalue weighted by Gasteiger charge is -2.16. The van der Waals surface area contributed by atoms with Crippen molar-refractivity contribution in [2.45, 2.75) is 39.4 Å². The lowest BCUT2D eigenvalue weighted by atomic mass is 10.0. The van der Waals surface area contributed by atoms with Crippen molar-refractivity contribution in [3.63, 3.8) is 0 Å². The van der Waals surface area contributed by atoms with Crippen molar-refractivity contribution in [2.75, 3.05) is 7.11 Å². The van der Waals surface area contributed by atoms with Gasteiger partial charge in [0.2, 0.25) is 11.7 Å². The predicted molar refractivity (Wildman–Crippen MR) is 102 cm³/mol. The van der Waals surface area contributed by atoms with Crippen molar-refractivity contribution >= 4 is 0 Å². The van der Waals surface area contributed by atoms with E-state index < -0.39 is 6.10 Å². The number of aliphatic hydroxyl groups is 1. The zero-order valence-electron chi connectivity index (χ0n) is 15.8. The summed E-state index contributed by atoms with van der Waals surface area (Å²) >= 11 is 0. The van der Waals surface area contributed by atoms with Gasteiger partial charge in [-0.05, 0) is 36.6 Å². The van der Waals surface area contributed by atoms with Crippen LogP contribution in [0.25, 0.3) is 11.4 Å². The lowest BCUT2D eigenvalue weighted by molar-refractivity contribution is 0.198. The molecule has 0 saturated heterocycles. The maximum atomic E-state index is 10.3. The SMILES string of the molecule is CCCc1nc(-c2cc(OC)c(OCc3ccccc3)cc2C(C)O)no1. The maximum absolute atomic E-state index is 10.3. The van der Waals surface area contributed by atoms with Crippen LogP contribution in [0.2, 0.25) is 0 Å². The van der Waals surface area contributed by atoms with E-state index in [1.54, 1.807) is 26.2 Å². The van der Waals surface area contributed by atoms with Crippen molar-refractivity contribution in [1.29, 1.82) is 0 Å². The first kappa shape index (κ1) is 18.9. The third kappa shape index (κ3) is 4.46. The first-order valence-electron chi connectivity index (χ1n) is 9.02. The number of hydrogen-bond acceptors (Lipinski definition) is 6. The summed E-state index contributed by atoms with van der Waals surface area (Å²) in [5.74, 6) is 2.11. The Morgan fingerprint density at radius 3 is 2.59 bits per heavy atom. The molecule has 142 valence electrons. The summed E-state index contributed by atoms with van der Waals surface area (Å²) in [7, 11) is 1.58. The molecule has 0 fully saturated rings. The summed E-state index contributed by atoms with van der Waals surface area (Å²) in [5, 5.41) is 14.3. The predicted octanol–water partition coefficient (Wildman–Crippen LogP) is 4.33. The van der Waals surface area contributed by atoms with E-state index in [0.29, 0.717) is 47.4 Å². The van der Waals surface area contributed by atoms with Crippen molar-refractivity contribution in [1.82, 2.24) is 10.1 Å². The number of aryl methyl sites for hydroxylation is 1. The van der Waals surface area contributed by atoms with E-state index in [2.05, 4.69) is 10.1 Å². The number of methoxy groups -OCH3 is 1. The Kier molecular flexibility index (Phi) is 6.08. The summed E-state index contributed by atoms with van der Waals surface area (Å²) in [6, 6.07) is 13.4. The molecule has 6 heteroatoms. The Morgan fingerprint density at radius 2 is 1.93 bits per heavy atom. The summed E-state index contributed by atoms with van der Waals surface area (Å²) in [4.78, 5) is 4.43. The van der Waals surface area contributed by atoms with Crippen molar-refractivity contribution in [2.24, 2.45) is 0 Å². The molecular weight excluding hydrogens is 344 g/mol. The topological polar surface area (TPSA) is 77.6 Å². The van der Waals surface area contributed by atoms with Gasteiger partial charge in [0.15, 0.2) is 11.5 Å². The monoisotopic (exact) mass is 368 g/mol. The Labute approximate surface area is 158 Å². The second-order valence-corrected chi connectivity index (χ2v) is 6.30. The highest BCUT2D eigenvalue weighted by Gasteiger charge is 2.20. The zero-order valence-corrected chi connectivity index (χ0v) is 15.8. The molecule has 1 heterocycles. The van der Waals surface area contributed by atoms with E-state index in [0.717, 1.165) is 12.0 Å². The van der Waals surface area contributed by atoms with Crippen molar-refractivity contribution in [3.05, 3.63) is 59.5 Å². The quantitative estimate of drug-likeness (QED) is 0.638. The van der Waals surface area contributed by atoms with Crippen LogP contribution in [-0.2, 0) is 13.0 Å². The van der Waals surface area contributed by atoms with E-state index in [1.165, 1.54) is 0 Å². The molecule has 2 aromatic carbocycles. The molecule has 0 radical (unpaired) electrons. The molecule has 3 aromatic rings. The number of benzene rings is 2. The average Bonchev–Trinajstić information content (AvgIpc) is 3.15. The van der Waals surface area contributed by atoms with E-state index in [9.17, 15) is 5.11 Å². The Morgan fingerprint density at radius 1 is 1.15 bits per heavy atom. The number of aromatic nitrogens is 2. The number of ether oxygens (including phenoxy) is 2. The first-order chi connectivity index (χ1) is 13.1. The lowest BCUT2D eigenvalue weighted by Crippen LogP contribution is -2.02. The minimum absolute atomic E-state index is 0.401. The van der Waals surface area contributed by atoms with Crippen LogP contribution in [0, 0.1) is 0 Å². The summed E-state index contributed by atoms with van der Waals surface area (Å²) in [6.45, 7) is 4.14. The first-order valence-corrected chi connectivity index (χ1v) is 9.02. The fourth-order valence-electron chi connectivity index (χ4n) is 2.80. The molecule has 0 aliphatic rings. The summed E-state index contributed by atoms with van der Waals surface area (Å²) in [6.07, 6.45) is 0.908. The molecule has 0 aliphatic heterocycles. The second kappa shape index (κ2) is 8.68. The van der Waals surface area contributed by atoms with Crippen LogP contribution >= 0.6 is 0 Å². The van der Waals surface area contributed by atoms with Gasteiger partial charge < -0.3 is 19.1 Å². The van der Waals surface area contributed by atoms with Crippen LogP contribution in [0.3, 0.4) is 0 Å². The second-order valence-electron chi connectivity index (χ2n) is 6.30. The normalized spacial score (nSPS) is 12.0. The zero-order chi connectivity index (χ0) is 19.2. The summed E-state index contributed by atoms with van der Waals surface area (Å²) < 4.78 is 16.7. The number of rotatable bonds is 8. The molecular formula is C21H24N2O4. The van der Waals surface area contributed by atoms with Crippen molar-refractivity contribution < 1.29 is 19.1 Å². The molecule has 3 rings (SSSR count). The van der Waals surface area contributed by atoms with E-state index >= 15 is 0 Å². The van der Waals surface area contributed by atoms with Gasteiger partial charge in [-0.3, -0.25) is 0 Å². The number of aliphatic hydroxyl groups excluding tert-OH is 1. The largest absolute Gasteiger partial charge is 0.493 e. The Hall–Kier alpha value is -2.86. The van der Waals surface area contributed by atoms with Gasteiger partial charge in [-0.25, -0.2) is 0 Å². The molecule has 1 atom stereocenters. The highest BCUT2D eigenvalue weighted by molar-refractivity contribution is 5.66. The highest BCUT2D eigenvalue weighted by atomic mass is 16.5. The molecule has 0 bridgehead atoms. The van der Waals surface area contributed by atoms with Gasteiger partial charge in [-0.2, -0.15) is 4.98 Å². The Bertz CT molecular complexity index is 875. The minimum atomic E-state index is -0.724. The van der Waals surface area contributed by atoms with Gasteiger partial charge in [-0.15, -0.1) is 0 Å². The van der Waals surface area contributed by atoms with Gasteiger partial charge >= 0.3 is 0 Å². The van der Waals surface area contributed by atoms with Crippen LogP contribution in [0.5, 0.6) is 11.5 Å². The van der Waals surface area contributed by atoms with E-state index in [1.807, 2.05) is 37.3 Å².